The Hall–Kier alpha value is -2.81. The third-order valence-corrected chi connectivity index (χ3v) is 5.69. The minimum Gasteiger partial charge on any atom is -0.483 e. The van der Waals surface area contributed by atoms with Gasteiger partial charge in [-0.25, -0.2) is 0 Å². The molecule has 9 nitrogen and oxygen atoms in total. The van der Waals surface area contributed by atoms with Gasteiger partial charge in [-0.3, -0.25) is 19.5 Å². The Kier molecular flexibility index (Phi) is 7.51. The van der Waals surface area contributed by atoms with Crippen molar-refractivity contribution in [3.63, 3.8) is 0 Å². The number of carbonyl (C=O) groups is 2. The van der Waals surface area contributed by atoms with E-state index in [1.807, 2.05) is 26.0 Å². The third-order valence-electron chi connectivity index (χ3n) is 5.69. The fourth-order valence-corrected chi connectivity index (χ4v) is 4.30. The highest BCUT2D eigenvalue weighted by Crippen LogP contribution is 2.35. The Morgan fingerprint density at radius 1 is 1.33 bits per heavy atom. The van der Waals surface area contributed by atoms with Crippen LogP contribution >= 0.6 is 0 Å². The topological polar surface area (TPSA) is 121 Å². The van der Waals surface area contributed by atoms with Gasteiger partial charge in [-0.2, -0.15) is 0 Å². The second-order valence-corrected chi connectivity index (χ2v) is 8.09. The molecule has 2 saturated heterocycles. The number of hydrogen-bond acceptors (Lipinski definition) is 7. The van der Waals surface area contributed by atoms with E-state index in [9.17, 15) is 4.79 Å². The van der Waals surface area contributed by atoms with Crippen molar-refractivity contribution >= 4 is 12.4 Å². The summed E-state index contributed by atoms with van der Waals surface area (Å²) in [6, 6.07) is 4.98. The van der Waals surface area contributed by atoms with Gasteiger partial charge in [0.1, 0.15) is 0 Å². The zero-order valence-corrected chi connectivity index (χ0v) is 17.4. The van der Waals surface area contributed by atoms with Crippen LogP contribution in [0.25, 0.3) is 11.5 Å². The number of amides is 1. The van der Waals surface area contributed by atoms with Crippen LogP contribution in [0.4, 0.5) is 0 Å². The molecule has 2 bridgehead atoms. The Labute approximate surface area is 175 Å². The summed E-state index contributed by atoms with van der Waals surface area (Å²) < 4.78 is 5.89. The number of hydrogen-bond donors (Lipinski definition) is 2. The molecule has 0 saturated carbocycles. The third kappa shape index (κ3) is 5.41. The van der Waals surface area contributed by atoms with Crippen molar-refractivity contribution in [2.45, 2.75) is 70.6 Å². The van der Waals surface area contributed by atoms with Crippen molar-refractivity contribution in [3.05, 3.63) is 30.4 Å². The summed E-state index contributed by atoms with van der Waals surface area (Å²) >= 11 is 0. The smallest absolute Gasteiger partial charge is 0.290 e. The number of aromatic nitrogens is 3. The molecule has 2 aromatic rings. The van der Waals surface area contributed by atoms with Crippen LogP contribution in [0, 0.1) is 5.92 Å². The number of carboxylic acid groups (broad SMARTS) is 1. The summed E-state index contributed by atoms with van der Waals surface area (Å²) in [5.74, 6) is 1.36. The van der Waals surface area contributed by atoms with E-state index >= 15 is 0 Å². The summed E-state index contributed by atoms with van der Waals surface area (Å²) in [7, 11) is 0. The molecular weight excluding hydrogens is 386 g/mol. The molecule has 0 radical (unpaired) electrons. The second-order valence-electron chi connectivity index (χ2n) is 8.09. The number of piperidine rings is 2. The summed E-state index contributed by atoms with van der Waals surface area (Å²) in [6.45, 7) is 4.31. The SMILES string of the molecule is CC(C)C(=O)NC1C[C@H]2CCC[C@@H](C1)N2Cc1nnc(-c2cccnc2)o1.O=CO. The van der Waals surface area contributed by atoms with Crippen LogP contribution in [0.3, 0.4) is 0 Å². The van der Waals surface area contributed by atoms with Crippen molar-refractivity contribution in [2.75, 3.05) is 0 Å². The largest absolute Gasteiger partial charge is 0.483 e. The van der Waals surface area contributed by atoms with Gasteiger partial charge in [0.2, 0.25) is 17.7 Å². The van der Waals surface area contributed by atoms with Crippen LogP contribution in [0.15, 0.2) is 28.9 Å². The first-order valence-electron chi connectivity index (χ1n) is 10.4. The van der Waals surface area contributed by atoms with E-state index in [0.717, 1.165) is 31.2 Å². The maximum absolute atomic E-state index is 12.1. The fourth-order valence-electron chi connectivity index (χ4n) is 4.30. The summed E-state index contributed by atoms with van der Waals surface area (Å²) in [5, 5.41) is 18.5. The van der Waals surface area contributed by atoms with Gasteiger partial charge in [0.05, 0.1) is 12.1 Å². The molecule has 4 rings (SSSR count). The first-order chi connectivity index (χ1) is 14.5. The van der Waals surface area contributed by atoms with Crippen LogP contribution in [0.1, 0.15) is 51.8 Å². The van der Waals surface area contributed by atoms with E-state index in [2.05, 4.69) is 25.4 Å². The van der Waals surface area contributed by atoms with Crippen molar-refractivity contribution in [3.8, 4) is 11.5 Å². The number of nitrogens with one attached hydrogen (secondary N) is 1. The highest BCUT2D eigenvalue weighted by molar-refractivity contribution is 5.78. The molecule has 2 fully saturated rings. The average molecular weight is 415 g/mol. The lowest BCUT2D eigenvalue weighted by Gasteiger charge is -2.48. The Morgan fingerprint density at radius 3 is 2.63 bits per heavy atom. The van der Waals surface area contributed by atoms with Gasteiger partial charge < -0.3 is 14.8 Å². The standard InChI is InChI=1S/C20H27N5O2.CH2O2/c1-13(2)19(26)22-15-9-16-6-3-7-17(10-15)25(16)12-18-23-24-20(27-18)14-5-4-8-21-11-14;2-1-3/h4-5,8,11,13,15-17H,3,6-7,9-10,12H2,1-2H3,(H,22,26);1H,(H,2,3)/t15?,16-,17+;. The van der Waals surface area contributed by atoms with Crippen LogP contribution in [0.2, 0.25) is 0 Å². The summed E-state index contributed by atoms with van der Waals surface area (Å²) in [4.78, 5) is 27.0. The lowest BCUT2D eigenvalue weighted by atomic mass is 9.81. The normalized spacial score (nSPS) is 23.4. The lowest BCUT2D eigenvalue weighted by Crippen LogP contribution is -2.56. The van der Waals surface area contributed by atoms with Crippen molar-refractivity contribution in [2.24, 2.45) is 5.92 Å². The molecule has 1 unspecified atom stereocenters. The van der Waals surface area contributed by atoms with Gasteiger partial charge in [-0.05, 0) is 37.8 Å². The van der Waals surface area contributed by atoms with Gasteiger partial charge in [0.25, 0.3) is 6.47 Å². The molecule has 2 aromatic heterocycles. The van der Waals surface area contributed by atoms with Crippen LogP contribution < -0.4 is 5.32 Å². The van der Waals surface area contributed by atoms with Crippen LogP contribution in [-0.2, 0) is 16.1 Å². The van der Waals surface area contributed by atoms with Crippen LogP contribution in [-0.4, -0.2) is 55.7 Å². The summed E-state index contributed by atoms with van der Waals surface area (Å²) in [6.07, 6.45) is 9.03. The molecule has 0 aromatic carbocycles. The molecule has 30 heavy (non-hydrogen) atoms. The van der Waals surface area contributed by atoms with Gasteiger partial charge in [-0.1, -0.05) is 20.3 Å². The highest BCUT2D eigenvalue weighted by atomic mass is 16.4. The zero-order chi connectivity index (χ0) is 21.5. The molecule has 4 heterocycles. The van der Waals surface area contributed by atoms with E-state index in [1.165, 1.54) is 6.42 Å². The molecule has 162 valence electrons. The van der Waals surface area contributed by atoms with E-state index in [0.29, 0.717) is 30.4 Å². The first-order valence-corrected chi connectivity index (χ1v) is 10.4. The maximum atomic E-state index is 12.1. The van der Waals surface area contributed by atoms with Gasteiger partial charge in [0.15, 0.2) is 0 Å². The number of pyridine rings is 1. The predicted octanol–water partition coefficient (Wildman–Crippen LogP) is 2.49. The Morgan fingerprint density at radius 2 is 2.03 bits per heavy atom. The molecule has 1 amide bonds. The molecule has 9 heteroatoms. The van der Waals surface area contributed by atoms with Gasteiger partial charge in [-0.15, -0.1) is 10.2 Å². The minimum atomic E-state index is -0.250. The van der Waals surface area contributed by atoms with Gasteiger partial charge in [0, 0.05) is 36.4 Å². The first kappa shape index (κ1) is 21.9. The highest BCUT2D eigenvalue weighted by Gasteiger charge is 2.39. The number of fused-ring (bicyclic) bond motifs is 2. The lowest BCUT2D eigenvalue weighted by molar-refractivity contribution is -0.126. The summed E-state index contributed by atoms with van der Waals surface area (Å²) in [5.41, 5.74) is 0.839. The predicted molar refractivity (Wildman–Crippen MR) is 109 cm³/mol. The average Bonchev–Trinajstić information content (AvgIpc) is 3.18. The van der Waals surface area contributed by atoms with E-state index in [4.69, 9.17) is 14.3 Å². The van der Waals surface area contributed by atoms with E-state index in [1.54, 1.807) is 12.4 Å². The van der Waals surface area contributed by atoms with Crippen LogP contribution in [0.5, 0.6) is 0 Å². The number of rotatable bonds is 5. The minimum absolute atomic E-state index is 0.0344. The second kappa shape index (κ2) is 10.3. The zero-order valence-electron chi connectivity index (χ0n) is 17.4. The van der Waals surface area contributed by atoms with E-state index in [-0.39, 0.29) is 24.3 Å². The maximum Gasteiger partial charge on any atom is 0.290 e. The molecule has 3 atom stereocenters. The molecule has 0 aliphatic carbocycles. The fraction of sp³-hybridized carbons (Fsp3) is 0.571. The van der Waals surface area contributed by atoms with Crippen molar-refractivity contribution < 1.29 is 19.1 Å². The Bertz CT molecular complexity index is 812. The van der Waals surface area contributed by atoms with Crippen molar-refractivity contribution in [1.29, 1.82) is 0 Å². The molecule has 0 spiro atoms. The molecule has 2 N–H and O–H groups in total. The number of nitrogens with zero attached hydrogens (tertiary/aromatic N) is 4. The van der Waals surface area contributed by atoms with Crippen molar-refractivity contribution in [1.82, 2.24) is 25.4 Å². The van der Waals surface area contributed by atoms with Gasteiger partial charge >= 0.3 is 0 Å². The molecular formula is C21H29N5O4. The number of carbonyl (C=O) groups excluding carboxylic acids is 1. The molecule has 2 aliphatic heterocycles. The molecule has 2 aliphatic rings. The van der Waals surface area contributed by atoms with E-state index < -0.39 is 0 Å². The quantitative estimate of drug-likeness (QED) is 0.715. The monoisotopic (exact) mass is 415 g/mol. The Balaban J connectivity index is 0.000000806.